The van der Waals surface area contributed by atoms with E-state index in [1.54, 1.807) is 7.11 Å². The van der Waals surface area contributed by atoms with Crippen molar-refractivity contribution in [1.29, 1.82) is 0 Å². The first-order chi connectivity index (χ1) is 7.10. The highest BCUT2D eigenvalue weighted by atomic mass is 35.5. The molecule has 0 bridgehead atoms. The molecule has 1 aromatic carbocycles. The molecule has 84 valence electrons. The zero-order valence-corrected chi connectivity index (χ0v) is 10.1. The Balaban J connectivity index is 3.19. The summed E-state index contributed by atoms with van der Waals surface area (Å²) in [5.74, 6) is 1.10. The van der Waals surface area contributed by atoms with Crippen LogP contribution in [0.3, 0.4) is 0 Å². The van der Waals surface area contributed by atoms with Crippen LogP contribution in [-0.4, -0.2) is 18.8 Å². The summed E-state index contributed by atoms with van der Waals surface area (Å²) in [4.78, 5) is 0. The molecule has 0 spiro atoms. The molecule has 2 nitrogen and oxygen atoms in total. The summed E-state index contributed by atoms with van der Waals surface area (Å²) in [7, 11) is 1.62. The lowest BCUT2D eigenvalue weighted by atomic mass is 9.98. The van der Waals surface area contributed by atoms with Gasteiger partial charge in [0.15, 0.2) is 0 Å². The Labute approximate surface area is 95.8 Å². The predicted molar refractivity (Wildman–Crippen MR) is 62.9 cm³/mol. The number of hydrogen-bond donors (Lipinski definition) is 1. The number of aliphatic hydroxyl groups excluding tert-OH is 1. The second-order valence-corrected chi connectivity index (χ2v) is 4.24. The van der Waals surface area contributed by atoms with Gasteiger partial charge >= 0.3 is 0 Å². The molecular weight excluding hydrogens is 212 g/mol. The van der Waals surface area contributed by atoms with Crippen LogP contribution in [0.2, 0.25) is 5.02 Å². The predicted octanol–water partition coefficient (Wildman–Crippen LogP) is 3.01. The average Bonchev–Trinajstić information content (AvgIpc) is 2.17. The fraction of sp³-hybridized carbons (Fsp3) is 0.500. The van der Waals surface area contributed by atoms with Gasteiger partial charge in [-0.1, -0.05) is 31.5 Å². The average molecular weight is 229 g/mol. The van der Waals surface area contributed by atoms with Crippen LogP contribution in [0.15, 0.2) is 12.1 Å². The number of aliphatic hydroxyl groups is 1. The van der Waals surface area contributed by atoms with Gasteiger partial charge in [0.1, 0.15) is 5.75 Å². The summed E-state index contributed by atoms with van der Waals surface area (Å²) in [5, 5.41) is 9.51. The third kappa shape index (κ3) is 2.86. The molecule has 0 atom stereocenters. The Hall–Kier alpha value is -0.730. The van der Waals surface area contributed by atoms with Crippen molar-refractivity contribution in [3.05, 3.63) is 28.3 Å². The lowest BCUT2D eigenvalue weighted by molar-refractivity contribution is 0.299. The number of halogens is 1. The van der Waals surface area contributed by atoms with Crippen LogP contribution >= 0.6 is 11.6 Å². The second-order valence-electron chi connectivity index (χ2n) is 3.83. The highest BCUT2D eigenvalue weighted by Gasteiger charge is 2.12. The monoisotopic (exact) mass is 228 g/mol. The first-order valence-corrected chi connectivity index (χ1v) is 5.45. The number of hydrogen-bond acceptors (Lipinski definition) is 2. The fourth-order valence-electron chi connectivity index (χ4n) is 1.59. The molecule has 0 aliphatic rings. The highest BCUT2D eigenvalue weighted by Crippen LogP contribution is 2.34. The van der Waals surface area contributed by atoms with Crippen molar-refractivity contribution in [2.24, 2.45) is 0 Å². The summed E-state index contributed by atoms with van der Waals surface area (Å²) in [6.45, 7) is 4.33. The third-order valence-corrected chi connectivity index (χ3v) is 2.64. The van der Waals surface area contributed by atoms with E-state index in [9.17, 15) is 0 Å². The summed E-state index contributed by atoms with van der Waals surface area (Å²) < 4.78 is 5.28. The summed E-state index contributed by atoms with van der Waals surface area (Å²) in [6.07, 6.45) is 0.628. The summed E-state index contributed by atoms with van der Waals surface area (Å²) in [6, 6.07) is 3.90. The lowest BCUT2D eigenvalue weighted by Gasteiger charge is -2.15. The maximum atomic E-state index is 8.89. The van der Waals surface area contributed by atoms with Gasteiger partial charge in [0, 0.05) is 6.61 Å². The van der Waals surface area contributed by atoms with Gasteiger partial charge in [0.2, 0.25) is 0 Å². The molecule has 0 radical (unpaired) electrons. The van der Waals surface area contributed by atoms with Crippen molar-refractivity contribution in [1.82, 2.24) is 0 Å². The number of rotatable bonds is 4. The van der Waals surface area contributed by atoms with E-state index in [-0.39, 0.29) is 6.61 Å². The molecule has 1 aromatic rings. The van der Waals surface area contributed by atoms with Crippen LogP contribution in [0.5, 0.6) is 5.75 Å². The maximum Gasteiger partial charge on any atom is 0.140 e. The number of ether oxygens (including phenoxy) is 1. The number of benzene rings is 1. The van der Waals surface area contributed by atoms with Crippen molar-refractivity contribution >= 4 is 11.6 Å². The maximum absolute atomic E-state index is 8.89. The van der Waals surface area contributed by atoms with E-state index < -0.39 is 0 Å². The fourth-order valence-corrected chi connectivity index (χ4v) is 1.92. The second kappa shape index (κ2) is 5.38. The lowest BCUT2D eigenvalue weighted by Crippen LogP contribution is -1.99. The minimum Gasteiger partial charge on any atom is -0.495 e. The van der Waals surface area contributed by atoms with E-state index >= 15 is 0 Å². The van der Waals surface area contributed by atoms with Gasteiger partial charge < -0.3 is 9.84 Å². The van der Waals surface area contributed by atoms with Crippen molar-refractivity contribution in [3.8, 4) is 5.75 Å². The van der Waals surface area contributed by atoms with Gasteiger partial charge in [-0.25, -0.2) is 0 Å². The molecular formula is C12H17ClO2. The van der Waals surface area contributed by atoms with Crippen LogP contribution < -0.4 is 4.74 Å². The Morgan fingerprint density at radius 3 is 2.53 bits per heavy atom. The van der Waals surface area contributed by atoms with Gasteiger partial charge in [0.25, 0.3) is 0 Å². The molecule has 0 fully saturated rings. The van der Waals surface area contributed by atoms with Crippen molar-refractivity contribution < 1.29 is 9.84 Å². The SMILES string of the molecule is COc1c(Cl)cc(CCO)cc1C(C)C. The molecule has 3 heteroatoms. The molecule has 1 rings (SSSR count). The zero-order valence-electron chi connectivity index (χ0n) is 9.38. The highest BCUT2D eigenvalue weighted by molar-refractivity contribution is 6.32. The van der Waals surface area contributed by atoms with Crippen molar-refractivity contribution in [2.75, 3.05) is 13.7 Å². The smallest absolute Gasteiger partial charge is 0.140 e. The quantitative estimate of drug-likeness (QED) is 0.859. The Morgan fingerprint density at radius 1 is 1.40 bits per heavy atom. The van der Waals surface area contributed by atoms with E-state index in [2.05, 4.69) is 13.8 Å². The molecule has 0 aliphatic carbocycles. The van der Waals surface area contributed by atoms with E-state index in [0.29, 0.717) is 17.4 Å². The largest absolute Gasteiger partial charge is 0.495 e. The molecule has 0 saturated heterocycles. The molecule has 0 saturated carbocycles. The van der Waals surface area contributed by atoms with E-state index in [4.69, 9.17) is 21.4 Å². The van der Waals surface area contributed by atoms with E-state index in [1.165, 1.54) is 0 Å². The number of methoxy groups -OCH3 is 1. The molecule has 0 heterocycles. The standard InChI is InChI=1S/C12H17ClO2/c1-8(2)10-6-9(4-5-14)7-11(13)12(10)15-3/h6-8,14H,4-5H2,1-3H3. The van der Waals surface area contributed by atoms with Crippen molar-refractivity contribution in [3.63, 3.8) is 0 Å². The molecule has 0 aliphatic heterocycles. The van der Waals surface area contributed by atoms with Gasteiger partial charge in [0.05, 0.1) is 12.1 Å². The van der Waals surface area contributed by atoms with Crippen LogP contribution in [0.25, 0.3) is 0 Å². The Bertz CT molecular complexity index is 335. The van der Waals surface area contributed by atoms with Crippen LogP contribution in [0, 0.1) is 0 Å². The zero-order chi connectivity index (χ0) is 11.4. The Morgan fingerprint density at radius 2 is 2.07 bits per heavy atom. The van der Waals surface area contributed by atoms with Crippen LogP contribution in [-0.2, 0) is 6.42 Å². The minimum atomic E-state index is 0.139. The van der Waals surface area contributed by atoms with Gasteiger partial charge in [-0.3, -0.25) is 0 Å². The molecule has 1 N–H and O–H groups in total. The van der Waals surface area contributed by atoms with E-state index in [0.717, 1.165) is 16.9 Å². The van der Waals surface area contributed by atoms with Gasteiger partial charge in [-0.05, 0) is 29.5 Å². The Kier molecular flexibility index (Phi) is 4.43. The van der Waals surface area contributed by atoms with Crippen LogP contribution in [0.4, 0.5) is 0 Å². The third-order valence-electron chi connectivity index (χ3n) is 2.36. The van der Waals surface area contributed by atoms with Gasteiger partial charge in [-0.15, -0.1) is 0 Å². The first kappa shape index (κ1) is 12.3. The first-order valence-electron chi connectivity index (χ1n) is 5.07. The summed E-state index contributed by atoms with van der Waals surface area (Å²) >= 11 is 6.11. The van der Waals surface area contributed by atoms with Crippen LogP contribution in [0.1, 0.15) is 30.9 Å². The molecule has 15 heavy (non-hydrogen) atoms. The van der Waals surface area contributed by atoms with Crippen molar-refractivity contribution in [2.45, 2.75) is 26.2 Å². The normalized spacial score (nSPS) is 10.8. The van der Waals surface area contributed by atoms with E-state index in [1.807, 2.05) is 12.1 Å². The molecule has 0 unspecified atom stereocenters. The van der Waals surface area contributed by atoms with Gasteiger partial charge in [-0.2, -0.15) is 0 Å². The topological polar surface area (TPSA) is 29.5 Å². The summed E-state index contributed by atoms with van der Waals surface area (Å²) in [5.41, 5.74) is 2.14. The molecule has 0 aromatic heterocycles. The molecule has 0 amide bonds. The minimum absolute atomic E-state index is 0.139.